The first-order chi connectivity index (χ1) is 10.2. The van der Waals surface area contributed by atoms with Crippen LogP contribution in [0.25, 0.3) is 0 Å². The van der Waals surface area contributed by atoms with Crippen LogP contribution in [0.4, 0.5) is 17.3 Å². The third-order valence-corrected chi connectivity index (χ3v) is 3.52. The van der Waals surface area contributed by atoms with E-state index in [1.165, 1.54) is 6.33 Å². The minimum Gasteiger partial charge on any atom is -0.361 e. The van der Waals surface area contributed by atoms with Crippen molar-refractivity contribution >= 4 is 17.3 Å². The van der Waals surface area contributed by atoms with Crippen molar-refractivity contribution in [3.63, 3.8) is 0 Å². The third kappa shape index (κ3) is 3.46. The Balaban J connectivity index is 2.26. The highest BCUT2D eigenvalue weighted by Crippen LogP contribution is 2.32. The van der Waals surface area contributed by atoms with Crippen LogP contribution < -0.4 is 10.2 Å². The topological polar surface area (TPSA) is 87.4 Å². The maximum Gasteiger partial charge on any atom is 0.353 e. The largest absolute Gasteiger partial charge is 0.361 e. The zero-order valence-electron chi connectivity index (χ0n) is 12.2. The molecule has 0 amide bonds. The number of rotatable bonds is 6. The average molecular weight is 292 g/mol. The van der Waals surface area contributed by atoms with Crippen LogP contribution in [0.5, 0.6) is 0 Å². The van der Waals surface area contributed by atoms with Gasteiger partial charge in [0.05, 0.1) is 4.92 Å². The second-order valence-electron chi connectivity index (χ2n) is 4.74. The van der Waals surface area contributed by atoms with E-state index in [1.807, 2.05) is 4.90 Å². The summed E-state index contributed by atoms with van der Waals surface area (Å²) in [7, 11) is 0. The first kappa shape index (κ1) is 15.2. The molecule has 2 heterocycles. The second-order valence-corrected chi connectivity index (χ2v) is 4.74. The van der Waals surface area contributed by atoms with Gasteiger partial charge in [-0.1, -0.05) is 13.0 Å². The van der Waals surface area contributed by atoms with Crippen LogP contribution in [0, 0.1) is 10.1 Å². The third-order valence-electron chi connectivity index (χ3n) is 3.52. The van der Waals surface area contributed by atoms with E-state index in [0.717, 1.165) is 32.7 Å². The average Bonchev–Trinajstić information content (AvgIpc) is 2.52. The molecule has 8 heteroatoms. The van der Waals surface area contributed by atoms with Crippen molar-refractivity contribution in [3.05, 3.63) is 29.1 Å². The van der Waals surface area contributed by atoms with Crippen molar-refractivity contribution < 1.29 is 4.92 Å². The Morgan fingerprint density at radius 1 is 1.43 bits per heavy atom. The molecule has 0 aliphatic carbocycles. The van der Waals surface area contributed by atoms with Gasteiger partial charge < -0.3 is 15.1 Å². The summed E-state index contributed by atoms with van der Waals surface area (Å²) >= 11 is 0. The molecule has 114 valence electrons. The van der Waals surface area contributed by atoms with Gasteiger partial charge in [0.25, 0.3) is 0 Å². The normalized spacial score (nSPS) is 15.8. The SMILES string of the molecule is C=CCNc1ncnc(N2CCN(CC)CC2)c1[N+](=O)[O-]. The summed E-state index contributed by atoms with van der Waals surface area (Å²) in [5, 5.41) is 14.3. The van der Waals surface area contributed by atoms with E-state index in [4.69, 9.17) is 0 Å². The smallest absolute Gasteiger partial charge is 0.353 e. The molecule has 8 nitrogen and oxygen atoms in total. The molecule has 2 rings (SSSR count). The maximum atomic E-state index is 11.4. The molecule has 0 radical (unpaired) electrons. The van der Waals surface area contributed by atoms with Crippen molar-refractivity contribution in [2.75, 3.05) is 49.5 Å². The fourth-order valence-corrected chi connectivity index (χ4v) is 2.34. The molecule has 1 aromatic heterocycles. The van der Waals surface area contributed by atoms with Crippen LogP contribution in [-0.4, -0.2) is 59.1 Å². The summed E-state index contributed by atoms with van der Waals surface area (Å²) in [6, 6.07) is 0. The van der Waals surface area contributed by atoms with Gasteiger partial charge in [0, 0.05) is 32.7 Å². The minimum absolute atomic E-state index is 0.0655. The number of likely N-dealkylation sites (N-methyl/N-ethyl adjacent to an activating group) is 1. The Morgan fingerprint density at radius 2 is 2.14 bits per heavy atom. The first-order valence-electron chi connectivity index (χ1n) is 6.98. The Hall–Kier alpha value is -2.22. The summed E-state index contributed by atoms with van der Waals surface area (Å²) in [5.41, 5.74) is -0.0655. The van der Waals surface area contributed by atoms with Crippen LogP contribution in [0.1, 0.15) is 6.92 Å². The quantitative estimate of drug-likeness (QED) is 0.477. The number of nitrogens with zero attached hydrogens (tertiary/aromatic N) is 5. The molecular formula is C13H20N6O2. The van der Waals surface area contributed by atoms with Gasteiger partial charge in [0.15, 0.2) is 0 Å². The highest BCUT2D eigenvalue weighted by Gasteiger charge is 2.28. The van der Waals surface area contributed by atoms with E-state index >= 15 is 0 Å². The predicted octanol–water partition coefficient (Wildman–Crippen LogP) is 1.12. The highest BCUT2D eigenvalue weighted by atomic mass is 16.6. The van der Waals surface area contributed by atoms with Gasteiger partial charge in [0.2, 0.25) is 11.6 Å². The Morgan fingerprint density at radius 3 is 2.71 bits per heavy atom. The molecule has 0 saturated carbocycles. The van der Waals surface area contributed by atoms with Gasteiger partial charge in [-0.15, -0.1) is 6.58 Å². The van der Waals surface area contributed by atoms with E-state index in [2.05, 4.69) is 33.7 Å². The Bertz CT molecular complexity index is 513. The van der Waals surface area contributed by atoms with Gasteiger partial charge in [-0.05, 0) is 6.54 Å². The fraction of sp³-hybridized carbons (Fsp3) is 0.538. The van der Waals surface area contributed by atoms with Crippen LogP contribution in [0.15, 0.2) is 19.0 Å². The maximum absolute atomic E-state index is 11.4. The minimum atomic E-state index is -0.424. The van der Waals surface area contributed by atoms with Crippen molar-refractivity contribution in [1.29, 1.82) is 0 Å². The number of anilines is 2. The standard InChI is InChI=1S/C13H20N6O2/c1-3-5-14-12-11(19(20)21)13(16-10-15-12)18-8-6-17(4-2)7-9-18/h3,10H,1,4-9H2,2H3,(H,14,15,16). The monoisotopic (exact) mass is 292 g/mol. The predicted molar refractivity (Wildman–Crippen MR) is 81.7 cm³/mol. The van der Waals surface area contributed by atoms with E-state index in [1.54, 1.807) is 6.08 Å². The molecule has 0 unspecified atom stereocenters. The molecule has 1 saturated heterocycles. The van der Waals surface area contributed by atoms with E-state index < -0.39 is 4.92 Å². The number of nitrogens with one attached hydrogen (secondary N) is 1. The summed E-state index contributed by atoms with van der Waals surface area (Å²) in [6.45, 7) is 10.3. The number of aromatic nitrogens is 2. The van der Waals surface area contributed by atoms with Crippen LogP contribution in [0.3, 0.4) is 0 Å². The molecule has 1 aliphatic heterocycles. The molecule has 1 fully saturated rings. The van der Waals surface area contributed by atoms with E-state index in [0.29, 0.717) is 12.4 Å². The molecular weight excluding hydrogens is 272 g/mol. The zero-order chi connectivity index (χ0) is 15.2. The number of nitro groups is 1. The van der Waals surface area contributed by atoms with Crippen LogP contribution in [0.2, 0.25) is 0 Å². The highest BCUT2D eigenvalue weighted by molar-refractivity contribution is 5.70. The van der Waals surface area contributed by atoms with Crippen molar-refractivity contribution in [2.24, 2.45) is 0 Å². The Labute approximate surface area is 123 Å². The van der Waals surface area contributed by atoms with Gasteiger partial charge in [-0.3, -0.25) is 10.1 Å². The lowest BCUT2D eigenvalue weighted by atomic mass is 10.3. The van der Waals surface area contributed by atoms with Gasteiger partial charge >= 0.3 is 5.69 Å². The van der Waals surface area contributed by atoms with Crippen molar-refractivity contribution in [2.45, 2.75) is 6.92 Å². The van der Waals surface area contributed by atoms with Crippen LogP contribution in [-0.2, 0) is 0 Å². The lowest BCUT2D eigenvalue weighted by Crippen LogP contribution is -2.46. The van der Waals surface area contributed by atoms with Crippen molar-refractivity contribution in [3.8, 4) is 0 Å². The number of hydrogen-bond acceptors (Lipinski definition) is 7. The lowest BCUT2D eigenvalue weighted by Gasteiger charge is -2.34. The molecule has 1 aliphatic rings. The summed E-state index contributed by atoms with van der Waals surface area (Å²) in [4.78, 5) is 23.3. The van der Waals surface area contributed by atoms with Gasteiger partial charge in [0.1, 0.15) is 6.33 Å². The Kier molecular flexibility index (Phi) is 5.04. The first-order valence-corrected chi connectivity index (χ1v) is 6.98. The summed E-state index contributed by atoms with van der Waals surface area (Å²) in [5.74, 6) is 0.625. The zero-order valence-corrected chi connectivity index (χ0v) is 12.2. The van der Waals surface area contributed by atoms with E-state index in [-0.39, 0.29) is 11.5 Å². The second kappa shape index (κ2) is 6.98. The molecule has 21 heavy (non-hydrogen) atoms. The number of hydrogen-bond donors (Lipinski definition) is 1. The molecule has 0 bridgehead atoms. The molecule has 0 spiro atoms. The van der Waals surface area contributed by atoms with Crippen molar-refractivity contribution in [1.82, 2.24) is 14.9 Å². The summed E-state index contributed by atoms with van der Waals surface area (Å²) in [6.07, 6.45) is 2.99. The van der Waals surface area contributed by atoms with Crippen LogP contribution >= 0.6 is 0 Å². The molecule has 1 N–H and O–H groups in total. The lowest BCUT2D eigenvalue weighted by molar-refractivity contribution is -0.383. The number of piperazine rings is 1. The van der Waals surface area contributed by atoms with E-state index in [9.17, 15) is 10.1 Å². The molecule has 0 atom stereocenters. The molecule has 1 aromatic rings. The van der Waals surface area contributed by atoms with Gasteiger partial charge in [-0.25, -0.2) is 9.97 Å². The summed E-state index contributed by atoms with van der Waals surface area (Å²) < 4.78 is 0. The molecule has 0 aromatic carbocycles. The fourth-order valence-electron chi connectivity index (χ4n) is 2.34. The van der Waals surface area contributed by atoms with Gasteiger partial charge in [-0.2, -0.15) is 0 Å².